The number of nitrogens with one attached hydrogen (secondary N) is 1. The normalized spacial score (nSPS) is 13.3. The van der Waals surface area contributed by atoms with Crippen LogP contribution in [-0.2, 0) is 0 Å². The van der Waals surface area contributed by atoms with Crippen LogP contribution in [0.3, 0.4) is 0 Å². The molecule has 74 valence electrons. The zero-order valence-electron chi connectivity index (χ0n) is 10.3. The number of benzene rings is 1. The Bertz CT molecular complexity index is 469. The summed E-state index contributed by atoms with van der Waals surface area (Å²) in [5.41, 5.74) is 2.33. The average Bonchev–Trinajstić information content (AvgIpc) is 2.39. The van der Waals surface area contributed by atoms with E-state index < -0.39 is 8.07 Å². The predicted molar refractivity (Wildman–Crippen MR) is 66.0 cm³/mol. The number of para-hydroxylation sites is 1. The van der Waals surface area contributed by atoms with Crippen molar-refractivity contribution in [3.8, 4) is 0 Å². The molecule has 0 amide bonds. The second-order valence-corrected chi connectivity index (χ2v) is 9.83. The van der Waals surface area contributed by atoms with Crippen LogP contribution in [0.4, 0.5) is 0 Å². The van der Waals surface area contributed by atoms with Crippen LogP contribution < -0.4 is 5.32 Å². The number of rotatable bonds is 1. The summed E-state index contributed by atoms with van der Waals surface area (Å²) in [7, 11) is -1.43. The van der Waals surface area contributed by atoms with Crippen molar-refractivity contribution >= 4 is 24.3 Å². The highest BCUT2D eigenvalue weighted by atomic mass is 28.3. The van der Waals surface area contributed by atoms with Crippen LogP contribution in [0, 0.1) is 6.92 Å². The van der Waals surface area contributed by atoms with Gasteiger partial charge in [-0.3, -0.25) is 0 Å². The van der Waals surface area contributed by atoms with Gasteiger partial charge in [0.1, 0.15) is 0 Å². The van der Waals surface area contributed by atoms with Crippen molar-refractivity contribution in [2.24, 2.45) is 0 Å². The zero-order valence-corrected chi connectivity index (χ0v) is 10.3. The monoisotopic (exact) mass is 205 g/mol. The lowest BCUT2D eigenvalue weighted by atomic mass is 10.2. The van der Waals surface area contributed by atoms with Crippen molar-refractivity contribution in [3.05, 3.63) is 29.8 Å². The molecule has 2 rings (SSSR count). The molecule has 1 nitrogen and oxygen atoms in total. The Hall–Kier alpha value is -1.02. The fraction of sp³-hybridized carbons (Fsp3) is 0.333. The van der Waals surface area contributed by atoms with Crippen LogP contribution in [-0.4, -0.2) is 13.1 Å². The predicted octanol–water partition coefficient (Wildman–Crippen LogP) is 3.02. The molecule has 0 saturated heterocycles. The van der Waals surface area contributed by atoms with E-state index in [0.717, 1.165) is 5.52 Å². The first-order chi connectivity index (χ1) is 6.93. The van der Waals surface area contributed by atoms with Crippen LogP contribution >= 0.6 is 0 Å². The van der Waals surface area contributed by atoms with E-state index in [1.165, 1.54) is 16.3 Å². The fourth-order valence-corrected chi connectivity index (χ4v) is 3.67. The summed E-state index contributed by atoms with van der Waals surface area (Å²) in [6, 6.07) is 8.18. The second-order valence-electron chi connectivity index (χ2n) is 4.85. The Morgan fingerprint density at radius 1 is 1.21 bits per heavy atom. The third-order valence-electron chi connectivity index (χ3n) is 2.61. The van der Waals surface area contributed by atoms with E-state index in [9.17, 15) is 0 Å². The van der Waals surface area contributed by atoms with Crippen LogP contribution in [0.15, 0.2) is 24.3 Å². The molecule has 0 unspecified atom stereocenters. The summed E-state index contributed by atoms with van der Waals surface area (Å²) in [4.78, 5) is 1.64. The summed E-state index contributed by atoms with van der Waals surface area (Å²) in [6.07, 6.45) is 0. The van der Waals surface area contributed by atoms with Gasteiger partial charge < -0.3 is 4.98 Å². The van der Waals surface area contributed by atoms with E-state index in [1.807, 2.05) is 18.2 Å². The summed E-state index contributed by atoms with van der Waals surface area (Å²) in [5.74, 6) is 0. The first kappa shape index (κ1) is 8.30. The van der Waals surface area contributed by atoms with Gasteiger partial charge in [-0.15, -0.1) is 0 Å². The van der Waals surface area contributed by atoms with Gasteiger partial charge in [0.2, 0.25) is 0 Å². The smallest absolute Gasteiger partial charge is 0.166 e. The largest absolute Gasteiger partial charge is 0.362 e. The number of H-pyrrole nitrogens is 1. The van der Waals surface area contributed by atoms with Crippen LogP contribution in [0.2, 0.25) is 21.1 Å². The van der Waals surface area contributed by atoms with Crippen LogP contribution in [0.1, 0.15) is 5.56 Å². The van der Waals surface area contributed by atoms with Crippen molar-refractivity contribution in [1.82, 2.24) is 4.98 Å². The molecule has 0 aliphatic carbocycles. The topological polar surface area (TPSA) is 15.8 Å². The molecule has 0 aliphatic heterocycles. The lowest BCUT2D eigenvalue weighted by Crippen LogP contribution is -2.40. The quantitative estimate of drug-likeness (QED) is 0.689. The van der Waals surface area contributed by atoms with E-state index in [-0.39, 0.29) is 0 Å². The zero-order chi connectivity index (χ0) is 11.2. The van der Waals surface area contributed by atoms with Crippen molar-refractivity contribution in [2.75, 3.05) is 0 Å². The van der Waals surface area contributed by atoms with Gasteiger partial charge in [0.25, 0.3) is 0 Å². The lowest BCUT2D eigenvalue weighted by Gasteiger charge is -2.15. The molecule has 2 aromatic rings. The Balaban J connectivity index is 2.87. The number of aryl methyl sites for hydroxylation is 1. The van der Waals surface area contributed by atoms with Gasteiger partial charge >= 0.3 is 0 Å². The second kappa shape index (κ2) is 2.99. The van der Waals surface area contributed by atoms with Gasteiger partial charge in [-0.05, 0) is 18.6 Å². The van der Waals surface area contributed by atoms with E-state index in [2.05, 4.69) is 32.6 Å². The standard InChI is InChI=1S/C12H17NSi/c1-9-10-7-5-6-8-11(10)13-12(9)14(2,3)4/h5-8,13H,1-4H3/i/hT. The molecular weight excluding hydrogens is 186 g/mol. The third-order valence-corrected chi connectivity index (χ3v) is 4.51. The number of hydrogen-bond donors (Lipinski definition) is 1. The van der Waals surface area contributed by atoms with Gasteiger partial charge in [0.05, 0.1) is 8.07 Å². The van der Waals surface area contributed by atoms with Gasteiger partial charge in [-0.2, -0.15) is 0 Å². The minimum atomic E-state index is -1.43. The molecule has 0 spiro atoms. The molecular formula is C12H17NSi. The molecule has 2 heteroatoms. The molecule has 14 heavy (non-hydrogen) atoms. The molecule has 0 radical (unpaired) electrons. The van der Waals surface area contributed by atoms with Gasteiger partial charge in [-0.1, -0.05) is 37.8 Å². The van der Waals surface area contributed by atoms with Crippen molar-refractivity contribution < 1.29 is 1.41 Å². The summed E-state index contributed by atoms with van der Waals surface area (Å²) in [5, 5.41) is 2.47. The van der Waals surface area contributed by atoms with E-state index in [1.54, 1.807) is 4.98 Å². The Morgan fingerprint density at radius 3 is 2.43 bits per heavy atom. The summed E-state index contributed by atoms with van der Waals surface area (Å²) < 4.78 is 8.17. The summed E-state index contributed by atoms with van der Waals surface area (Å²) >= 11 is 0. The molecule has 0 aliphatic rings. The molecule has 0 bridgehead atoms. The van der Waals surface area contributed by atoms with Crippen LogP contribution in [0.25, 0.3) is 10.9 Å². The lowest BCUT2D eigenvalue weighted by molar-refractivity contribution is 1.46. The average molecular weight is 205 g/mol. The van der Waals surface area contributed by atoms with Gasteiger partial charge in [0, 0.05) is 16.2 Å². The highest BCUT2D eigenvalue weighted by Gasteiger charge is 2.21. The highest BCUT2D eigenvalue weighted by molar-refractivity contribution is 6.88. The molecule has 0 saturated carbocycles. The van der Waals surface area contributed by atoms with Crippen molar-refractivity contribution in [1.29, 1.82) is 0 Å². The third kappa shape index (κ3) is 1.40. The molecule has 1 aromatic heterocycles. The number of aromatic nitrogens is 1. The summed E-state index contributed by atoms with van der Waals surface area (Å²) in [6.45, 7) is 9.01. The Labute approximate surface area is 87.6 Å². The Kier molecular flexibility index (Phi) is 1.77. The number of fused-ring (bicyclic) bond motifs is 1. The fourth-order valence-electron chi connectivity index (χ4n) is 1.95. The molecule has 0 atom stereocenters. The molecule has 1 N–H and O–H groups in total. The minimum Gasteiger partial charge on any atom is -0.362 e. The van der Waals surface area contributed by atoms with Gasteiger partial charge in [-0.25, -0.2) is 0 Å². The molecule has 1 aromatic carbocycles. The van der Waals surface area contributed by atoms with Crippen LogP contribution in [0.5, 0.6) is 0 Å². The SMILES string of the molecule is [3H]n1c([Si](C)(C)C)c(C)c2ccccc21. The number of aromatic amines is 1. The first-order valence-electron chi connectivity index (χ1n) is 5.47. The van der Waals surface area contributed by atoms with Crippen molar-refractivity contribution in [3.63, 3.8) is 0 Å². The molecule has 1 heterocycles. The maximum absolute atomic E-state index is 8.17. The Morgan fingerprint density at radius 2 is 1.86 bits per heavy atom. The maximum atomic E-state index is 8.17. The maximum Gasteiger partial charge on any atom is 0.166 e. The first-order valence-corrected chi connectivity index (χ1v) is 8.52. The van der Waals surface area contributed by atoms with E-state index in [0.29, 0.717) is 0 Å². The highest BCUT2D eigenvalue weighted by Crippen LogP contribution is 2.18. The van der Waals surface area contributed by atoms with E-state index in [4.69, 9.17) is 1.41 Å². The van der Waals surface area contributed by atoms with Gasteiger partial charge in [0.15, 0.2) is 1.41 Å². The van der Waals surface area contributed by atoms with E-state index >= 15 is 0 Å². The number of hydrogen-bond acceptors (Lipinski definition) is 0. The van der Waals surface area contributed by atoms with Crippen molar-refractivity contribution in [2.45, 2.75) is 26.6 Å². The molecule has 0 fully saturated rings. The minimum absolute atomic E-state index is 1.03.